The van der Waals surface area contributed by atoms with E-state index in [2.05, 4.69) is 43.8 Å². The van der Waals surface area contributed by atoms with Gasteiger partial charge >= 0.3 is 6.09 Å². The third kappa shape index (κ3) is 4.69. The molecule has 0 heterocycles. The van der Waals surface area contributed by atoms with Crippen LogP contribution in [0.25, 0.3) is 0 Å². The molecule has 0 unspecified atom stereocenters. The second kappa shape index (κ2) is 9.01. The summed E-state index contributed by atoms with van der Waals surface area (Å²) in [6, 6.07) is 14.4. The lowest BCUT2D eigenvalue weighted by Crippen LogP contribution is -2.36. The first kappa shape index (κ1) is 18.7. The molecule has 6 heteroatoms. The van der Waals surface area contributed by atoms with E-state index < -0.39 is 18.2 Å². The van der Waals surface area contributed by atoms with Crippen LogP contribution in [-0.2, 0) is 4.74 Å². The van der Waals surface area contributed by atoms with Crippen LogP contribution in [0.3, 0.4) is 0 Å². The molecule has 126 valence electrons. The minimum atomic E-state index is -0.543. The Morgan fingerprint density at radius 2 is 1.67 bits per heavy atom. The smallest absolute Gasteiger partial charge is 0.407 e. The Bertz CT molecular complexity index is 722. The molecule has 2 aromatic carbocycles. The average molecular weight is 454 g/mol. The van der Waals surface area contributed by atoms with Crippen LogP contribution in [0.4, 0.5) is 4.79 Å². The number of hydrogen-bond acceptors (Lipinski definition) is 3. The standard InChI is InChI=1S/C18H18Br2N2O2/c1-2-11-24-18(23)22-17(13-8-4-6-10-15(13)20)16(21)12-7-3-5-9-14(12)19/h2-10,16-17H,1,11,21H2,(H,22,23)/t16-,17+/m1/s1. The highest BCUT2D eigenvalue weighted by atomic mass is 79.9. The van der Waals surface area contributed by atoms with Crippen LogP contribution in [0, 0.1) is 0 Å². The number of hydrogen-bond donors (Lipinski definition) is 2. The summed E-state index contributed by atoms with van der Waals surface area (Å²) in [5.41, 5.74) is 8.24. The number of amides is 1. The van der Waals surface area contributed by atoms with Crippen molar-refractivity contribution in [2.24, 2.45) is 5.73 Å². The van der Waals surface area contributed by atoms with E-state index in [4.69, 9.17) is 10.5 Å². The third-order valence-electron chi connectivity index (χ3n) is 3.47. The van der Waals surface area contributed by atoms with Crippen LogP contribution in [-0.4, -0.2) is 12.7 Å². The summed E-state index contributed by atoms with van der Waals surface area (Å²) in [5.74, 6) is 0. The molecule has 0 aliphatic heterocycles. The zero-order valence-corrected chi connectivity index (χ0v) is 16.1. The predicted molar refractivity (Wildman–Crippen MR) is 103 cm³/mol. The molecule has 0 bridgehead atoms. The molecule has 4 nitrogen and oxygen atoms in total. The van der Waals surface area contributed by atoms with Crippen LogP contribution in [0.1, 0.15) is 23.2 Å². The molecule has 0 saturated heterocycles. The number of nitrogens with two attached hydrogens (primary N) is 1. The normalized spacial score (nSPS) is 13.0. The molecule has 0 aliphatic carbocycles. The molecule has 1 amide bonds. The topological polar surface area (TPSA) is 64.3 Å². The van der Waals surface area contributed by atoms with Crippen molar-refractivity contribution in [2.45, 2.75) is 12.1 Å². The molecule has 0 spiro atoms. The minimum Gasteiger partial charge on any atom is -0.445 e. The Morgan fingerprint density at radius 3 is 2.21 bits per heavy atom. The van der Waals surface area contributed by atoms with Gasteiger partial charge in [-0.3, -0.25) is 0 Å². The van der Waals surface area contributed by atoms with Crippen molar-refractivity contribution < 1.29 is 9.53 Å². The van der Waals surface area contributed by atoms with Crippen LogP contribution < -0.4 is 11.1 Å². The second-order valence-corrected chi connectivity index (χ2v) is 6.79. The van der Waals surface area contributed by atoms with Crippen molar-refractivity contribution in [2.75, 3.05) is 6.61 Å². The van der Waals surface area contributed by atoms with E-state index >= 15 is 0 Å². The summed E-state index contributed by atoms with van der Waals surface area (Å²) in [6.45, 7) is 3.67. The number of carbonyl (C=O) groups is 1. The van der Waals surface area contributed by atoms with Gasteiger partial charge in [-0.25, -0.2) is 4.79 Å². The highest BCUT2D eigenvalue weighted by molar-refractivity contribution is 9.10. The maximum Gasteiger partial charge on any atom is 0.407 e. The van der Waals surface area contributed by atoms with Gasteiger partial charge < -0.3 is 15.8 Å². The van der Waals surface area contributed by atoms with Crippen LogP contribution in [0.2, 0.25) is 0 Å². The summed E-state index contributed by atoms with van der Waals surface area (Å²) in [4.78, 5) is 12.1. The van der Waals surface area contributed by atoms with E-state index in [0.717, 1.165) is 20.1 Å². The molecule has 0 aromatic heterocycles. The summed E-state index contributed by atoms with van der Waals surface area (Å²) in [7, 11) is 0. The number of halogens is 2. The van der Waals surface area contributed by atoms with Gasteiger partial charge in [0.25, 0.3) is 0 Å². The summed E-state index contributed by atoms with van der Waals surface area (Å²) in [6.07, 6.45) is 0.971. The quantitative estimate of drug-likeness (QED) is 0.613. The Kier molecular flexibility index (Phi) is 7.02. The van der Waals surface area contributed by atoms with Gasteiger partial charge in [-0.05, 0) is 23.3 Å². The summed E-state index contributed by atoms with van der Waals surface area (Å²) >= 11 is 7.04. The van der Waals surface area contributed by atoms with E-state index in [-0.39, 0.29) is 6.61 Å². The van der Waals surface area contributed by atoms with Gasteiger partial charge in [0.15, 0.2) is 0 Å². The number of nitrogens with one attached hydrogen (secondary N) is 1. The van der Waals surface area contributed by atoms with E-state index in [1.165, 1.54) is 6.08 Å². The van der Waals surface area contributed by atoms with Crippen molar-refractivity contribution in [1.82, 2.24) is 5.32 Å². The van der Waals surface area contributed by atoms with Crippen molar-refractivity contribution in [1.29, 1.82) is 0 Å². The van der Waals surface area contributed by atoms with Gasteiger partial charge in [0.1, 0.15) is 6.61 Å². The van der Waals surface area contributed by atoms with E-state index in [1.807, 2.05) is 48.5 Å². The fraction of sp³-hybridized carbons (Fsp3) is 0.167. The maximum atomic E-state index is 12.1. The van der Waals surface area contributed by atoms with Crippen molar-refractivity contribution >= 4 is 38.0 Å². The number of carbonyl (C=O) groups excluding carboxylic acids is 1. The molecule has 2 atom stereocenters. The SMILES string of the molecule is C=CCOC(=O)N[C@@H](c1ccccc1Br)[C@H](N)c1ccccc1Br. The molecular formula is C18H18Br2N2O2. The molecular weight excluding hydrogens is 436 g/mol. The highest BCUT2D eigenvalue weighted by Crippen LogP contribution is 2.34. The molecule has 24 heavy (non-hydrogen) atoms. The van der Waals surface area contributed by atoms with Crippen molar-refractivity contribution in [3.63, 3.8) is 0 Å². The Balaban J connectivity index is 2.35. The van der Waals surface area contributed by atoms with Crippen LogP contribution >= 0.6 is 31.9 Å². The third-order valence-corrected chi connectivity index (χ3v) is 4.91. The lowest BCUT2D eigenvalue weighted by molar-refractivity contribution is 0.152. The monoisotopic (exact) mass is 452 g/mol. The molecule has 3 N–H and O–H groups in total. The lowest BCUT2D eigenvalue weighted by Gasteiger charge is -2.27. The Hall–Kier alpha value is -1.63. The predicted octanol–water partition coefficient (Wildman–Crippen LogP) is 4.86. The van der Waals surface area contributed by atoms with Gasteiger partial charge in [-0.1, -0.05) is 80.9 Å². The first-order chi connectivity index (χ1) is 11.5. The van der Waals surface area contributed by atoms with Gasteiger partial charge in [0.05, 0.1) is 12.1 Å². The summed E-state index contributed by atoms with van der Waals surface area (Å²) in [5, 5.41) is 2.85. The first-order valence-corrected chi connectivity index (χ1v) is 8.91. The molecule has 2 rings (SSSR count). The number of alkyl carbamates (subject to hydrolysis) is 1. The van der Waals surface area contributed by atoms with Crippen molar-refractivity contribution in [3.05, 3.63) is 81.3 Å². The van der Waals surface area contributed by atoms with Crippen LogP contribution in [0.5, 0.6) is 0 Å². The van der Waals surface area contributed by atoms with Crippen molar-refractivity contribution in [3.8, 4) is 0 Å². The largest absolute Gasteiger partial charge is 0.445 e. The average Bonchev–Trinajstić information content (AvgIpc) is 2.58. The number of ether oxygens (including phenoxy) is 1. The minimum absolute atomic E-state index is 0.138. The fourth-order valence-electron chi connectivity index (χ4n) is 2.32. The molecule has 2 aromatic rings. The molecule has 0 saturated carbocycles. The van der Waals surface area contributed by atoms with Crippen LogP contribution in [0.15, 0.2) is 70.1 Å². The van der Waals surface area contributed by atoms with E-state index in [0.29, 0.717) is 0 Å². The zero-order chi connectivity index (χ0) is 17.5. The van der Waals surface area contributed by atoms with Gasteiger partial charge in [0, 0.05) is 8.95 Å². The summed E-state index contributed by atoms with van der Waals surface area (Å²) < 4.78 is 6.80. The second-order valence-electron chi connectivity index (χ2n) is 5.08. The maximum absolute atomic E-state index is 12.1. The highest BCUT2D eigenvalue weighted by Gasteiger charge is 2.26. The zero-order valence-electron chi connectivity index (χ0n) is 12.9. The molecule has 0 fully saturated rings. The van der Waals surface area contributed by atoms with Gasteiger partial charge in [-0.2, -0.15) is 0 Å². The number of rotatable bonds is 6. The van der Waals surface area contributed by atoms with E-state index in [9.17, 15) is 4.79 Å². The molecule has 0 radical (unpaired) electrons. The van der Waals surface area contributed by atoms with Gasteiger partial charge in [0.2, 0.25) is 0 Å². The van der Waals surface area contributed by atoms with E-state index in [1.54, 1.807) is 0 Å². The lowest BCUT2D eigenvalue weighted by atomic mass is 9.94. The Labute approximate surface area is 158 Å². The molecule has 0 aliphatic rings. The number of benzene rings is 2. The Morgan fingerprint density at radius 1 is 1.12 bits per heavy atom. The fourth-order valence-corrected chi connectivity index (χ4v) is 3.40. The first-order valence-electron chi connectivity index (χ1n) is 7.33. The van der Waals surface area contributed by atoms with Gasteiger partial charge in [-0.15, -0.1) is 0 Å².